The minimum Gasteiger partial charge on any atom is -0.369 e. The number of rotatable bonds is 4. The number of anilines is 2. The number of aliphatic imine (C=N–C) groups is 1. The van der Waals surface area contributed by atoms with Crippen molar-refractivity contribution in [3.8, 4) is 0 Å². The lowest BCUT2D eigenvalue weighted by atomic mass is 9.95. The second kappa shape index (κ2) is 8.85. The van der Waals surface area contributed by atoms with Crippen LogP contribution in [0.2, 0.25) is 0 Å². The fourth-order valence-corrected chi connectivity index (χ4v) is 4.34. The van der Waals surface area contributed by atoms with Gasteiger partial charge in [-0.05, 0) is 48.3 Å². The van der Waals surface area contributed by atoms with E-state index in [0.717, 1.165) is 65.7 Å². The molecule has 3 N–H and O–H groups in total. The predicted molar refractivity (Wildman–Crippen MR) is 128 cm³/mol. The number of primary amides is 1. The number of carbonyl (C=O) groups is 1. The molecule has 0 unspecified atom stereocenters. The summed E-state index contributed by atoms with van der Waals surface area (Å²) < 4.78 is 1.74. The van der Waals surface area contributed by atoms with Crippen LogP contribution < -0.4 is 11.1 Å². The van der Waals surface area contributed by atoms with Gasteiger partial charge in [0.05, 0.1) is 6.54 Å². The van der Waals surface area contributed by atoms with E-state index in [4.69, 9.17) is 10.7 Å². The first-order chi connectivity index (χ1) is 16.1. The summed E-state index contributed by atoms with van der Waals surface area (Å²) in [6.07, 6.45) is 11.0. The van der Waals surface area contributed by atoms with Crippen molar-refractivity contribution >= 4 is 35.0 Å². The molecule has 1 fully saturated rings. The first kappa shape index (κ1) is 20.9. The largest absolute Gasteiger partial charge is 0.369 e. The van der Waals surface area contributed by atoms with Gasteiger partial charge in [0.2, 0.25) is 5.91 Å². The Bertz CT molecular complexity index is 1240. The molecule has 0 saturated carbocycles. The van der Waals surface area contributed by atoms with Crippen molar-refractivity contribution in [3.63, 3.8) is 0 Å². The Kier molecular flexibility index (Phi) is 5.60. The smallest absolute Gasteiger partial charge is 0.220 e. The van der Waals surface area contributed by atoms with Crippen LogP contribution in [0.3, 0.4) is 0 Å². The van der Waals surface area contributed by atoms with Crippen molar-refractivity contribution in [1.82, 2.24) is 24.6 Å². The van der Waals surface area contributed by atoms with Crippen molar-refractivity contribution in [3.05, 3.63) is 65.7 Å². The monoisotopic (exact) mass is 442 g/mol. The molecule has 9 heteroatoms. The quantitative estimate of drug-likeness (QED) is 0.642. The molecule has 0 spiro atoms. The fourth-order valence-electron chi connectivity index (χ4n) is 4.34. The highest BCUT2D eigenvalue weighted by Gasteiger charge is 2.27. The van der Waals surface area contributed by atoms with E-state index in [9.17, 15) is 4.79 Å². The van der Waals surface area contributed by atoms with E-state index >= 15 is 0 Å². The SMILES string of the molecule is Cn1ccc(Nc2cc(C3=Cc4cnccc4C(N4CCC(C(N)=O)CC4)=NC3)ccn2)n1. The van der Waals surface area contributed by atoms with Gasteiger partial charge in [0, 0.05) is 68.0 Å². The number of nitrogens with zero attached hydrogens (tertiary/aromatic N) is 6. The van der Waals surface area contributed by atoms with Crippen LogP contribution in [0, 0.1) is 5.92 Å². The zero-order valence-electron chi connectivity index (χ0n) is 18.5. The first-order valence-electron chi connectivity index (χ1n) is 11.0. The number of pyridine rings is 2. The van der Waals surface area contributed by atoms with Crippen LogP contribution in [-0.4, -0.2) is 56.0 Å². The molecule has 0 aliphatic carbocycles. The Labute approximate surface area is 192 Å². The second-order valence-corrected chi connectivity index (χ2v) is 8.37. The maximum Gasteiger partial charge on any atom is 0.220 e. The van der Waals surface area contributed by atoms with Gasteiger partial charge in [-0.25, -0.2) is 4.98 Å². The third kappa shape index (κ3) is 4.48. The molecule has 168 valence electrons. The number of amidine groups is 1. The number of aryl methyl sites for hydroxylation is 1. The highest BCUT2D eigenvalue weighted by atomic mass is 16.1. The normalized spacial score (nSPS) is 16.5. The summed E-state index contributed by atoms with van der Waals surface area (Å²) in [6, 6.07) is 7.91. The van der Waals surface area contributed by atoms with Gasteiger partial charge in [0.15, 0.2) is 5.82 Å². The molecule has 1 amide bonds. The Morgan fingerprint density at radius 2 is 2.00 bits per heavy atom. The molecule has 0 bridgehead atoms. The summed E-state index contributed by atoms with van der Waals surface area (Å²) >= 11 is 0. The van der Waals surface area contributed by atoms with Gasteiger partial charge in [-0.2, -0.15) is 5.10 Å². The van der Waals surface area contributed by atoms with Gasteiger partial charge < -0.3 is 16.0 Å². The molecule has 9 nitrogen and oxygen atoms in total. The van der Waals surface area contributed by atoms with Gasteiger partial charge >= 0.3 is 0 Å². The average Bonchev–Trinajstić information content (AvgIpc) is 3.13. The Hall–Kier alpha value is -4.01. The number of fused-ring (bicyclic) bond motifs is 1. The number of carbonyl (C=O) groups excluding carboxylic acids is 1. The van der Waals surface area contributed by atoms with Crippen molar-refractivity contribution in [2.24, 2.45) is 23.7 Å². The molecule has 0 aromatic carbocycles. The van der Waals surface area contributed by atoms with Crippen LogP contribution in [0.5, 0.6) is 0 Å². The molecule has 3 aromatic heterocycles. The van der Waals surface area contributed by atoms with Crippen molar-refractivity contribution in [2.45, 2.75) is 12.8 Å². The molecule has 2 aliphatic heterocycles. The van der Waals surface area contributed by atoms with E-state index in [-0.39, 0.29) is 11.8 Å². The molecule has 3 aromatic rings. The number of amides is 1. The third-order valence-corrected chi connectivity index (χ3v) is 6.12. The standard InChI is InChI=1S/C24H26N8O/c1-31-9-6-21(30-31)29-22-13-17(2-8-27-22)18-12-19-14-26-7-3-20(19)24(28-15-18)32-10-4-16(5-11-32)23(25)33/h2-3,6-9,12-14,16H,4-5,10-11,15H2,1H3,(H2,25,33)(H,27,29,30). The molecule has 0 atom stereocenters. The third-order valence-electron chi connectivity index (χ3n) is 6.12. The number of piperidine rings is 1. The summed E-state index contributed by atoms with van der Waals surface area (Å²) in [5.74, 6) is 2.15. The van der Waals surface area contributed by atoms with Crippen LogP contribution in [0.25, 0.3) is 11.6 Å². The van der Waals surface area contributed by atoms with Gasteiger partial charge in [-0.3, -0.25) is 19.5 Å². The summed E-state index contributed by atoms with van der Waals surface area (Å²) in [5.41, 5.74) is 9.72. The number of aromatic nitrogens is 4. The molecular weight excluding hydrogens is 416 g/mol. The fraction of sp³-hybridized carbons (Fsp3) is 0.292. The van der Waals surface area contributed by atoms with E-state index in [1.807, 2.05) is 43.7 Å². The van der Waals surface area contributed by atoms with E-state index < -0.39 is 0 Å². The summed E-state index contributed by atoms with van der Waals surface area (Å²) in [6.45, 7) is 2.06. The first-order valence-corrected chi connectivity index (χ1v) is 11.0. The van der Waals surface area contributed by atoms with Gasteiger partial charge in [0.1, 0.15) is 11.7 Å². The number of likely N-dealkylation sites (tertiary alicyclic amines) is 1. The zero-order valence-corrected chi connectivity index (χ0v) is 18.5. The zero-order chi connectivity index (χ0) is 22.8. The lowest BCUT2D eigenvalue weighted by molar-refractivity contribution is -0.122. The number of nitrogens with one attached hydrogen (secondary N) is 1. The molecule has 1 saturated heterocycles. The minimum absolute atomic E-state index is 0.0555. The number of hydrogen-bond acceptors (Lipinski definition) is 7. The molecule has 5 heterocycles. The highest BCUT2D eigenvalue weighted by molar-refractivity contribution is 6.05. The van der Waals surface area contributed by atoms with Crippen molar-refractivity contribution in [2.75, 3.05) is 25.0 Å². The van der Waals surface area contributed by atoms with Crippen LogP contribution in [-0.2, 0) is 11.8 Å². The molecule has 5 rings (SSSR count). The topological polar surface area (TPSA) is 114 Å². The van der Waals surface area contributed by atoms with Crippen LogP contribution in [0.1, 0.15) is 29.5 Å². The second-order valence-electron chi connectivity index (χ2n) is 8.37. The van der Waals surface area contributed by atoms with Gasteiger partial charge in [-0.1, -0.05) is 0 Å². The molecule has 33 heavy (non-hydrogen) atoms. The Morgan fingerprint density at radius 1 is 1.15 bits per heavy atom. The van der Waals surface area contributed by atoms with E-state index in [2.05, 4.69) is 31.4 Å². The summed E-state index contributed by atoms with van der Waals surface area (Å²) in [7, 11) is 1.88. The van der Waals surface area contributed by atoms with Gasteiger partial charge in [0.25, 0.3) is 0 Å². The molecule has 0 radical (unpaired) electrons. The van der Waals surface area contributed by atoms with Crippen molar-refractivity contribution < 1.29 is 4.79 Å². The average molecular weight is 443 g/mol. The van der Waals surface area contributed by atoms with E-state index in [1.54, 1.807) is 17.1 Å². The predicted octanol–water partition coefficient (Wildman–Crippen LogP) is 2.45. The minimum atomic E-state index is -0.209. The number of nitrogens with two attached hydrogens (primary N) is 1. The number of hydrogen-bond donors (Lipinski definition) is 2. The molecule has 2 aliphatic rings. The van der Waals surface area contributed by atoms with E-state index in [1.165, 1.54) is 0 Å². The van der Waals surface area contributed by atoms with E-state index in [0.29, 0.717) is 6.54 Å². The van der Waals surface area contributed by atoms with Crippen molar-refractivity contribution in [1.29, 1.82) is 0 Å². The maximum absolute atomic E-state index is 11.6. The molecular formula is C24H26N8O. The lowest BCUT2D eigenvalue weighted by Crippen LogP contribution is -2.42. The Balaban J connectivity index is 1.42. The highest BCUT2D eigenvalue weighted by Crippen LogP contribution is 2.28. The summed E-state index contributed by atoms with van der Waals surface area (Å²) in [4.78, 5) is 27.6. The lowest BCUT2D eigenvalue weighted by Gasteiger charge is -2.33. The van der Waals surface area contributed by atoms with Crippen LogP contribution >= 0.6 is 0 Å². The van der Waals surface area contributed by atoms with Gasteiger partial charge in [-0.15, -0.1) is 0 Å². The van der Waals surface area contributed by atoms with Crippen LogP contribution in [0.15, 0.2) is 54.0 Å². The Morgan fingerprint density at radius 3 is 2.76 bits per heavy atom. The van der Waals surface area contributed by atoms with Crippen LogP contribution in [0.4, 0.5) is 11.6 Å². The summed E-state index contributed by atoms with van der Waals surface area (Å²) in [5, 5.41) is 7.61. The maximum atomic E-state index is 11.6.